The first kappa shape index (κ1) is 26.0. The van der Waals surface area contributed by atoms with Gasteiger partial charge >= 0.3 is 0 Å². The molecule has 13 heteroatoms. The number of amides is 1. The molecule has 5 rings (SSSR count). The Hall–Kier alpha value is -5.59. The van der Waals surface area contributed by atoms with Crippen LogP contribution in [-0.2, 0) is 6.61 Å². The Morgan fingerprint density at radius 3 is 2.62 bits per heavy atom. The second-order valence-electron chi connectivity index (χ2n) is 8.26. The Kier molecular flexibility index (Phi) is 7.72. The van der Waals surface area contributed by atoms with Gasteiger partial charge in [-0.15, -0.1) is 5.10 Å². The number of halogens is 1. The van der Waals surface area contributed by atoms with E-state index in [1.807, 2.05) is 13.0 Å². The Morgan fingerprint density at radius 1 is 1.07 bits per heavy atom. The molecular formula is C27H23FN8O4. The lowest BCUT2D eigenvalue weighted by Gasteiger charge is -2.13. The van der Waals surface area contributed by atoms with E-state index < -0.39 is 5.91 Å². The number of rotatable bonds is 10. The van der Waals surface area contributed by atoms with Crippen LogP contribution in [0.4, 0.5) is 10.2 Å². The van der Waals surface area contributed by atoms with Crippen LogP contribution in [0.15, 0.2) is 82.5 Å². The van der Waals surface area contributed by atoms with Crippen LogP contribution in [0, 0.1) is 5.82 Å². The molecule has 0 atom stereocenters. The zero-order valence-electron chi connectivity index (χ0n) is 21.2. The minimum atomic E-state index is -0.619. The van der Waals surface area contributed by atoms with E-state index in [1.165, 1.54) is 17.0 Å². The summed E-state index contributed by atoms with van der Waals surface area (Å²) in [5.41, 5.74) is 10.3. The maximum Gasteiger partial charge on any atom is 0.294 e. The lowest BCUT2D eigenvalue weighted by Crippen LogP contribution is -2.19. The van der Waals surface area contributed by atoms with Crippen molar-refractivity contribution < 1.29 is 23.3 Å². The fourth-order valence-corrected chi connectivity index (χ4v) is 3.76. The van der Waals surface area contributed by atoms with Crippen molar-refractivity contribution in [1.82, 2.24) is 30.7 Å². The van der Waals surface area contributed by atoms with Crippen LogP contribution in [0.3, 0.4) is 0 Å². The predicted molar refractivity (Wildman–Crippen MR) is 142 cm³/mol. The van der Waals surface area contributed by atoms with Crippen molar-refractivity contribution in [3.8, 4) is 28.6 Å². The van der Waals surface area contributed by atoms with Crippen molar-refractivity contribution in [3.05, 3.63) is 95.4 Å². The number of nitrogens with zero attached hydrogens (tertiary/aromatic N) is 6. The van der Waals surface area contributed by atoms with E-state index in [1.54, 1.807) is 60.7 Å². The molecule has 0 bridgehead atoms. The van der Waals surface area contributed by atoms with Gasteiger partial charge in [0, 0.05) is 11.1 Å². The summed E-state index contributed by atoms with van der Waals surface area (Å²) in [6.07, 6.45) is 1.44. The number of anilines is 1. The number of hydrazone groups is 1. The summed E-state index contributed by atoms with van der Waals surface area (Å²) in [6, 6.07) is 20.5. The number of ether oxygens (including phenoxy) is 2. The molecule has 0 saturated carbocycles. The summed E-state index contributed by atoms with van der Waals surface area (Å²) in [5.74, 6) is -0.00440. The topological polar surface area (TPSA) is 156 Å². The average Bonchev–Trinajstić information content (AvgIpc) is 3.60. The Bertz CT molecular complexity index is 1650. The Morgan fingerprint density at radius 2 is 1.88 bits per heavy atom. The van der Waals surface area contributed by atoms with Crippen LogP contribution >= 0.6 is 0 Å². The van der Waals surface area contributed by atoms with E-state index in [0.717, 1.165) is 0 Å². The third-order valence-electron chi connectivity index (χ3n) is 5.62. The number of nitrogens with two attached hydrogens (primary N) is 1. The number of carbonyl (C=O) groups excluding carboxylic acids is 1. The van der Waals surface area contributed by atoms with E-state index in [-0.39, 0.29) is 29.8 Å². The van der Waals surface area contributed by atoms with E-state index >= 15 is 0 Å². The highest BCUT2D eigenvalue weighted by molar-refractivity contribution is 5.98. The van der Waals surface area contributed by atoms with Gasteiger partial charge < -0.3 is 15.2 Å². The number of hydrogen-bond acceptors (Lipinski definition) is 10. The van der Waals surface area contributed by atoms with Crippen molar-refractivity contribution >= 4 is 17.9 Å². The quantitative estimate of drug-likeness (QED) is 0.198. The van der Waals surface area contributed by atoms with Crippen molar-refractivity contribution in [2.24, 2.45) is 5.10 Å². The highest BCUT2D eigenvalue weighted by atomic mass is 19.1. The van der Waals surface area contributed by atoms with Gasteiger partial charge in [0.2, 0.25) is 11.6 Å². The molecule has 0 aliphatic carbocycles. The monoisotopic (exact) mass is 542 g/mol. The number of carbonyl (C=O) groups is 1. The van der Waals surface area contributed by atoms with Gasteiger partial charge in [-0.3, -0.25) is 4.79 Å². The maximum atomic E-state index is 14.0. The van der Waals surface area contributed by atoms with Gasteiger partial charge in [0.05, 0.1) is 12.8 Å². The molecule has 12 nitrogen and oxygen atoms in total. The molecule has 0 fully saturated rings. The second kappa shape index (κ2) is 11.9. The largest absolute Gasteiger partial charge is 0.490 e. The zero-order chi connectivity index (χ0) is 27.9. The molecule has 0 saturated heterocycles. The van der Waals surface area contributed by atoms with Crippen LogP contribution in [0.5, 0.6) is 11.5 Å². The molecule has 0 spiro atoms. The van der Waals surface area contributed by atoms with Gasteiger partial charge in [-0.2, -0.15) is 9.78 Å². The molecule has 3 N–H and O–H groups in total. The fourth-order valence-electron chi connectivity index (χ4n) is 3.76. The van der Waals surface area contributed by atoms with Gasteiger partial charge in [-0.1, -0.05) is 53.7 Å². The molecule has 0 radical (unpaired) electrons. The van der Waals surface area contributed by atoms with E-state index in [9.17, 15) is 9.18 Å². The van der Waals surface area contributed by atoms with E-state index in [2.05, 4.69) is 35.8 Å². The summed E-state index contributed by atoms with van der Waals surface area (Å²) in [5, 5.41) is 19.4. The van der Waals surface area contributed by atoms with Crippen molar-refractivity contribution in [3.63, 3.8) is 0 Å². The van der Waals surface area contributed by atoms with Crippen molar-refractivity contribution in [1.29, 1.82) is 0 Å². The van der Waals surface area contributed by atoms with Gasteiger partial charge in [0.25, 0.3) is 5.91 Å². The Balaban J connectivity index is 1.34. The SMILES string of the molecule is CCOc1cc(C=NNC(=O)c2nnn(-c3nonc3N)c2-c2ccccc2)ccc1OCc1ccccc1F. The summed E-state index contributed by atoms with van der Waals surface area (Å²) >= 11 is 0. The van der Waals surface area contributed by atoms with Crippen LogP contribution < -0.4 is 20.6 Å². The number of nitrogen functional groups attached to an aromatic ring is 1. The van der Waals surface area contributed by atoms with Crippen LogP contribution in [0.25, 0.3) is 17.1 Å². The number of hydrogen-bond donors (Lipinski definition) is 2. The van der Waals surface area contributed by atoms with Crippen molar-refractivity contribution in [2.75, 3.05) is 12.3 Å². The third-order valence-corrected chi connectivity index (χ3v) is 5.62. The van der Waals surface area contributed by atoms with Gasteiger partial charge in [-0.25, -0.2) is 14.4 Å². The number of aromatic nitrogens is 5. The second-order valence-corrected chi connectivity index (χ2v) is 8.26. The van der Waals surface area contributed by atoms with Gasteiger partial charge in [0.15, 0.2) is 17.2 Å². The van der Waals surface area contributed by atoms with E-state index in [4.69, 9.17) is 15.2 Å². The van der Waals surface area contributed by atoms with Crippen molar-refractivity contribution in [2.45, 2.75) is 13.5 Å². The van der Waals surface area contributed by atoms with E-state index in [0.29, 0.717) is 40.5 Å². The first-order valence-corrected chi connectivity index (χ1v) is 12.1. The molecule has 2 aromatic heterocycles. The molecule has 1 amide bonds. The smallest absolute Gasteiger partial charge is 0.294 e. The van der Waals surface area contributed by atoms with Gasteiger partial charge in [-0.05, 0) is 47.1 Å². The van der Waals surface area contributed by atoms with Crippen LogP contribution in [-0.4, -0.2) is 44.0 Å². The molecule has 0 unspecified atom stereocenters. The number of benzene rings is 3. The standard InChI is InChI=1S/C27H23FN8O4/c1-2-38-22-14-17(12-13-21(22)39-16-19-10-6-7-11-20(19)28)15-30-32-27(37)23-24(18-8-4-3-5-9-18)36(35-31-23)26-25(29)33-40-34-26/h3-15H,2,16H2,1H3,(H2,29,33)(H,32,37). The minimum absolute atomic E-state index is 0.0153. The first-order valence-electron chi connectivity index (χ1n) is 12.1. The summed E-state index contributed by atoms with van der Waals surface area (Å²) in [4.78, 5) is 13.1. The lowest BCUT2D eigenvalue weighted by atomic mass is 10.1. The van der Waals surface area contributed by atoms with Gasteiger partial charge in [0.1, 0.15) is 18.1 Å². The third kappa shape index (κ3) is 5.62. The van der Waals surface area contributed by atoms with Crippen LogP contribution in [0.2, 0.25) is 0 Å². The molecule has 2 heterocycles. The molecule has 5 aromatic rings. The molecule has 3 aromatic carbocycles. The highest BCUT2D eigenvalue weighted by Gasteiger charge is 2.25. The summed E-state index contributed by atoms with van der Waals surface area (Å²) in [7, 11) is 0. The normalized spacial score (nSPS) is 11.1. The van der Waals surface area contributed by atoms with Crippen LogP contribution in [0.1, 0.15) is 28.5 Å². The highest BCUT2D eigenvalue weighted by Crippen LogP contribution is 2.29. The zero-order valence-corrected chi connectivity index (χ0v) is 21.2. The molecule has 0 aliphatic rings. The Labute approximate surface area is 227 Å². The minimum Gasteiger partial charge on any atom is -0.490 e. The fraction of sp³-hybridized carbons (Fsp3) is 0.111. The summed E-state index contributed by atoms with van der Waals surface area (Å²) in [6.45, 7) is 2.26. The maximum absolute atomic E-state index is 14.0. The first-order chi connectivity index (χ1) is 19.5. The number of nitrogens with one attached hydrogen (secondary N) is 1. The summed E-state index contributed by atoms with van der Waals surface area (Å²) < 4.78 is 31.4. The molecule has 0 aliphatic heterocycles. The molecule has 202 valence electrons. The predicted octanol–water partition coefficient (Wildman–Crippen LogP) is 3.78. The molecular weight excluding hydrogens is 519 g/mol. The average molecular weight is 543 g/mol. The lowest BCUT2D eigenvalue weighted by molar-refractivity contribution is 0.0950. The molecule has 40 heavy (non-hydrogen) atoms.